The predicted molar refractivity (Wildman–Crippen MR) is 125 cm³/mol. The monoisotopic (exact) mass is 456 g/mol. The van der Waals surface area contributed by atoms with Crippen LogP contribution in [0.3, 0.4) is 0 Å². The second kappa shape index (κ2) is 8.45. The molecule has 0 fully saturated rings. The number of Topliss-reactive ketones (excluding diaryl/α,β-unsaturated/α-hetero) is 2. The number of ether oxygens (including phenoxy) is 1. The van der Waals surface area contributed by atoms with Gasteiger partial charge in [-0.3, -0.25) is 14.4 Å². The van der Waals surface area contributed by atoms with Crippen LogP contribution in [0.2, 0.25) is 5.02 Å². The number of esters is 1. The SMILES string of the molecule is CC1=C[C@H]2c3cc(Cl)ccc3[C@H](C(C(=O)c3ccccc3)C(=O)c3ccccc3)[C@H]2C(=O)O1. The van der Waals surface area contributed by atoms with Crippen LogP contribution >= 0.6 is 11.6 Å². The number of allylic oxidation sites excluding steroid dienone is 2. The largest absolute Gasteiger partial charge is 0.431 e. The molecule has 0 N–H and O–H groups in total. The molecule has 2 aliphatic rings. The molecule has 0 radical (unpaired) electrons. The van der Waals surface area contributed by atoms with Crippen molar-refractivity contribution in [2.45, 2.75) is 18.8 Å². The van der Waals surface area contributed by atoms with Gasteiger partial charge in [0.15, 0.2) is 11.6 Å². The van der Waals surface area contributed by atoms with Gasteiger partial charge in [0.25, 0.3) is 0 Å². The van der Waals surface area contributed by atoms with E-state index >= 15 is 0 Å². The van der Waals surface area contributed by atoms with Crippen LogP contribution < -0.4 is 0 Å². The Bertz CT molecular complexity index is 1230. The van der Waals surface area contributed by atoms with Gasteiger partial charge in [-0.05, 0) is 36.3 Å². The first-order valence-electron chi connectivity index (χ1n) is 10.8. The van der Waals surface area contributed by atoms with Gasteiger partial charge in [-0.15, -0.1) is 0 Å². The maximum absolute atomic E-state index is 13.9. The lowest BCUT2D eigenvalue weighted by Crippen LogP contribution is -2.37. The molecule has 0 aromatic heterocycles. The lowest BCUT2D eigenvalue weighted by molar-refractivity contribution is -0.146. The summed E-state index contributed by atoms with van der Waals surface area (Å²) in [4.78, 5) is 40.9. The Hall–Kier alpha value is -3.50. The van der Waals surface area contributed by atoms with Gasteiger partial charge >= 0.3 is 5.97 Å². The highest BCUT2D eigenvalue weighted by Crippen LogP contribution is 2.54. The highest BCUT2D eigenvalue weighted by Gasteiger charge is 2.53. The van der Waals surface area contributed by atoms with Crippen LogP contribution in [0, 0.1) is 11.8 Å². The molecule has 0 bridgehead atoms. The van der Waals surface area contributed by atoms with Crippen LogP contribution in [0.15, 0.2) is 90.7 Å². The molecular weight excluding hydrogens is 436 g/mol. The summed E-state index contributed by atoms with van der Waals surface area (Å²) in [6, 6.07) is 22.9. The lowest BCUT2D eigenvalue weighted by atomic mass is 9.72. The molecule has 1 aliphatic carbocycles. The zero-order chi connectivity index (χ0) is 23.1. The van der Waals surface area contributed by atoms with Gasteiger partial charge in [0.05, 0.1) is 11.8 Å². The molecule has 164 valence electrons. The summed E-state index contributed by atoms with van der Waals surface area (Å²) in [6.45, 7) is 1.73. The molecule has 0 unspecified atom stereocenters. The number of carbonyl (C=O) groups is 3. The number of rotatable bonds is 5. The average Bonchev–Trinajstić information content (AvgIpc) is 3.13. The van der Waals surface area contributed by atoms with Gasteiger partial charge in [-0.2, -0.15) is 0 Å². The highest BCUT2D eigenvalue weighted by molar-refractivity contribution is 6.30. The Kier molecular flexibility index (Phi) is 5.47. The fourth-order valence-corrected chi connectivity index (χ4v) is 5.33. The summed E-state index contributed by atoms with van der Waals surface area (Å²) in [5.41, 5.74) is 2.51. The molecule has 3 aromatic carbocycles. The quantitative estimate of drug-likeness (QED) is 0.269. The first kappa shape index (κ1) is 21.4. The van der Waals surface area contributed by atoms with E-state index in [1.54, 1.807) is 61.5 Å². The molecule has 3 atom stereocenters. The van der Waals surface area contributed by atoms with Gasteiger partial charge in [-0.25, -0.2) is 0 Å². The van der Waals surface area contributed by atoms with Crippen molar-refractivity contribution in [2.24, 2.45) is 11.8 Å². The molecule has 1 aliphatic heterocycles. The fraction of sp³-hybridized carbons (Fsp3) is 0.179. The zero-order valence-corrected chi connectivity index (χ0v) is 18.7. The van der Waals surface area contributed by atoms with Crippen LogP contribution in [0.4, 0.5) is 0 Å². The third kappa shape index (κ3) is 3.70. The van der Waals surface area contributed by atoms with Crippen molar-refractivity contribution < 1.29 is 19.1 Å². The van der Waals surface area contributed by atoms with Crippen molar-refractivity contribution in [2.75, 3.05) is 0 Å². The third-order valence-electron chi connectivity index (χ3n) is 6.53. The Morgan fingerprint density at radius 2 is 1.42 bits per heavy atom. The molecule has 33 heavy (non-hydrogen) atoms. The number of benzene rings is 3. The summed E-state index contributed by atoms with van der Waals surface area (Å²) in [5, 5.41) is 0.540. The number of halogens is 1. The molecular formula is C28H21ClO4. The van der Waals surface area contributed by atoms with Crippen molar-refractivity contribution in [3.8, 4) is 0 Å². The molecule has 0 saturated heterocycles. The van der Waals surface area contributed by atoms with E-state index in [4.69, 9.17) is 16.3 Å². The van der Waals surface area contributed by atoms with Crippen LogP contribution in [0.25, 0.3) is 0 Å². The van der Waals surface area contributed by atoms with Crippen molar-refractivity contribution >= 4 is 29.1 Å². The molecule has 0 amide bonds. The summed E-state index contributed by atoms with van der Waals surface area (Å²) in [7, 11) is 0. The summed E-state index contributed by atoms with van der Waals surface area (Å²) in [5.74, 6) is -3.28. The fourth-order valence-electron chi connectivity index (χ4n) is 5.14. The maximum atomic E-state index is 13.9. The van der Waals surface area contributed by atoms with Crippen LogP contribution in [-0.4, -0.2) is 17.5 Å². The Morgan fingerprint density at radius 1 is 0.848 bits per heavy atom. The van der Waals surface area contributed by atoms with E-state index in [-0.39, 0.29) is 17.5 Å². The van der Waals surface area contributed by atoms with E-state index in [0.717, 1.165) is 11.1 Å². The standard InChI is InChI=1S/C28H21ClO4/c1-16-14-22-21-15-19(29)12-13-20(21)23(24(22)28(32)33-16)25(26(30)17-8-4-2-5-9-17)27(31)18-10-6-3-7-11-18/h2-15,22-25H,1H3/t22-,23-,24-/m0/s1. The number of hydrogen-bond acceptors (Lipinski definition) is 4. The van der Waals surface area contributed by atoms with Crippen molar-refractivity contribution in [3.05, 3.63) is 118 Å². The molecule has 1 heterocycles. The third-order valence-corrected chi connectivity index (χ3v) is 6.76. The topological polar surface area (TPSA) is 60.4 Å². The highest BCUT2D eigenvalue weighted by atomic mass is 35.5. The van der Waals surface area contributed by atoms with Gasteiger partial charge in [0.2, 0.25) is 0 Å². The van der Waals surface area contributed by atoms with Crippen LogP contribution in [0.5, 0.6) is 0 Å². The van der Waals surface area contributed by atoms with E-state index in [9.17, 15) is 14.4 Å². The first-order valence-corrected chi connectivity index (χ1v) is 11.2. The van der Waals surface area contributed by atoms with E-state index in [2.05, 4.69) is 0 Å². The minimum absolute atomic E-state index is 0.306. The predicted octanol–water partition coefficient (Wildman–Crippen LogP) is 5.98. The second-order valence-electron chi connectivity index (χ2n) is 8.49. The average molecular weight is 457 g/mol. The van der Waals surface area contributed by atoms with Crippen molar-refractivity contribution in [1.29, 1.82) is 0 Å². The molecule has 4 nitrogen and oxygen atoms in total. The zero-order valence-electron chi connectivity index (χ0n) is 17.9. The van der Waals surface area contributed by atoms with Gasteiger partial charge < -0.3 is 4.74 Å². The lowest BCUT2D eigenvalue weighted by Gasteiger charge is -2.30. The molecule has 5 rings (SSSR count). The number of carbonyl (C=O) groups excluding carboxylic acids is 3. The Morgan fingerprint density at radius 3 is 2.00 bits per heavy atom. The van der Waals surface area contributed by atoms with Gasteiger partial charge in [0.1, 0.15) is 5.76 Å². The van der Waals surface area contributed by atoms with E-state index in [1.165, 1.54) is 0 Å². The first-order chi connectivity index (χ1) is 16.0. The van der Waals surface area contributed by atoms with Gasteiger partial charge in [-0.1, -0.05) is 78.3 Å². The minimum atomic E-state index is -1.08. The molecule has 5 heteroatoms. The number of cyclic esters (lactones) is 1. The minimum Gasteiger partial charge on any atom is -0.431 e. The molecule has 0 spiro atoms. The number of hydrogen-bond donors (Lipinski definition) is 0. The van der Waals surface area contributed by atoms with Crippen molar-refractivity contribution in [3.63, 3.8) is 0 Å². The van der Waals surface area contributed by atoms with E-state index < -0.39 is 23.7 Å². The van der Waals surface area contributed by atoms with Crippen LogP contribution in [0.1, 0.15) is 50.6 Å². The summed E-state index contributed by atoms with van der Waals surface area (Å²) < 4.78 is 5.48. The maximum Gasteiger partial charge on any atom is 0.315 e. The van der Waals surface area contributed by atoms with E-state index in [0.29, 0.717) is 21.9 Å². The Labute approximate surface area is 196 Å². The molecule has 0 saturated carbocycles. The smallest absolute Gasteiger partial charge is 0.315 e. The van der Waals surface area contributed by atoms with Crippen LogP contribution in [-0.2, 0) is 9.53 Å². The Balaban J connectivity index is 1.71. The van der Waals surface area contributed by atoms with Gasteiger partial charge in [0, 0.05) is 28.0 Å². The summed E-state index contributed by atoms with van der Waals surface area (Å²) in [6.07, 6.45) is 1.89. The van der Waals surface area contributed by atoms with E-state index in [1.807, 2.05) is 30.3 Å². The molecule has 3 aromatic rings. The second-order valence-corrected chi connectivity index (χ2v) is 8.92. The number of ketones is 2. The normalized spacial score (nSPS) is 21.1. The number of fused-ring (bicyclic) bond motifs is 3. The van der Waals surface area contributed by atoms with Crippen molar-refractivity contribution in [1.82, 2.24) is 0 Å². The summed E-state index contributed by atoms with van der Waals surface area (Å²) >= 11 is 6.30.